The SMILES string of the molecule is CNc1nc(N2CCC(O)C2)c2[nH]cnc2n1. The van der Waals surface area contributed by atoms with Crippen molar-refractivity contribution in [1.82, 2.24) is 19.9 Å². The zero-order chi connectivity index (χ0) is 11.8. The number of β-amino-alcohol motifs (C(OH)–C–C–N with tert-alkyl or cyclic N) is 1. The summed E-state index contributed by atoms with van der Waals surface area (Å²) in [7, 11) is 1.77. The van der Waals surface area contributed by atoms with E-state index in [1.807, 2.05) is 4.90 Å². The summed E-state index contributed by atoms with van der Waals surface area (Å²) in [6.45, 7) is 1.41. The first-order chi connectivity index (χ1) is 8.28. The molecule has 1 atom stereocenters. The Balaban J connectivity index is 2.10. The summed E-state index contributed by atoms with van der Waals surface area (Å²) in [5, 5.41) is 12.5. The largest absolute Gasteiger partial charge is 0.391 e. The summed E-state index contributed by atoms with van der Waals surface area (Å²) in [5.74, 6) is 1.34. The molecule has 0 bridgehead atoms. The zero-order valence-electron chi connectivity index (χ0n) is 9.51. The van der Waals surface area contributed by atoms with Crippen molar-refractivity contribution in [3.05, 3.63) is 6.33 Å². The third kappa shape index (κ3) is 1.68. The lowest BCUT2D eigenvalue weighted by Crippen LogP contribution is -2.23. The Morgan fingerprint density at radius 2 is 2.41 bits per heavy atom. The molecule has 17 heavy (non-hydrogen) atoms. The van der Waals surface area contributed by atoms with Crippen LogP contribution in [0.4, 0.5) is 11.8 Å². The van der Waals surface area contributed by atoms with E-state index in [2.05, 4.69) is 25.3 Å². The molecule has 1 saturated heterocycles. The highest BCUT2D eigenvalue weighted by atomic mass is 16.3. The Bertz CT molecular complexity index is 539. The van der Waals surface area contributed by atoms with Crippen molar-refractivity contribution >= 4 is 22.9 Å². The molecule has 0 aliphatic carbocycles. The molecule has 7 nitrogen and oxygen atoms in total. The van der Waals surface area contributed by atoms with Crippen LogP contribution in [-0.4, -0.2) is 51.3 Å². The van der Waals surface area contributed by atoms with Crippen LogP contribution in [0, 0.1) is 0 Å². The number of aromatic amines is 1. The Labute approximate surface area is 97.9 Å². The Hall–Kier alpha value is -1.89. The van der Waals surface area contributed by atoms with E-state index in [9.17, 15) is 5.11 Å². The predicted molar refractivity (Wildman–Crippen MR) is 64.1 cm³/mol. The molecule has 1 aliphatic heterocycles. The van der Waals surface area contributed by atoms with E-state index >= 15 is 0 Å². The molecule has 7 heteroatoms. The number of aromatic nitrogens is 4. The van der Waals surface area contributed by atoms with Crippen LogP contribution in [0.3, 0.4) is 0 Å². The van der Waals surface area contributed by atoms with Crippen molar-refractivity contribution in [2.45, 2.75) is 12.5 Å². The van der Waals surface area contributed by atoms with E-state index in [0.717, 1.165) is 24.3 Å². The van der Waals surface area contributed by atoms with Gasteiger partial charge in [0.15, 0.2) is 11.5 Å². The standard InChI is InChI=1S/C10H14N6O/c1-11-10-14-8-7(12-5-13-8)9(15-10)16-3-2-6(17)4-16/h5-6,17H,2-4H2,1H3,(H2,11,12,13,14,15). The molecule has 3 N–H and O–H groups in total. The van der Waals surface area contributed by atoms with E-state index in [1.54, 1.807) is 13.4 Å². The summed E-state index contributed by atoms with van der Waals surface area (Å²) in [4.78, 5) is 17.9. The van der Waals surface area contributed by atoms with Gasteiger partial charge in [-0.05, 0) is 6.42 Å². The molecule has 0 amide bonds. The topological polar surface area (TPSA) is 90.0 Å². The number of anilines is 2. The van der Waals surface area contributed by atoms with Gasteiger partial charge in [0.25, 0.3) is 0 Å². The molecule has 0 radical (unpaired) electrons. The first kappa shape index (κ1) is 10.3. The number of nitrogens with zero attached hydrogens (tertiary/aromatic N) is 4. The second-order valence-electron chi connectivity index (χ2n) is 4.11. The molecular formula is C10H14N6O. The van der Waals surface area contributed by atoms with Gasteiger partial charge in [-0.2, -0.15) is 9.97 Å². The average molecular weight is 234 g/mol. The number of nitrogens with one attached hydrogen (secondary N) is 2. The van der Waals surface area contributed by atoms with Gasteiger partial charge in [0, 0.05) is 20.1 Å². The number of hydrogen-bond acceptors (Lipinski definition) is 6. The molecule has 2 aromatic heterocycles. The molecule has 0 spiro atoms. The predicted octanol–water partition coefficient (Wildman–Crippen LogP) is -0.0344. The third-order valence-corrected chi connectivity index (χ3v) is 2.95. The number of imidazole rings is 1. The van der Waals surface area contributed by atoms with Gasteiger partial charge in [0.05, 0.1) is 12.4 Å². The van der Waals surface area contributed by atoms with Crippen LogP contribution >= 0.6 is 0 Å². The van der Waals surface area contributed by atoms with Crippen LogP contribution in [0.2, 0.25) is 0 Å². The minimum Gasteiger partial charge on any atom is -0.391 e. The number of aliphatic hydroxyl groups is 1. The van der Waals surface area contributed by atoms with Gasteiger partial charge in [0.2, 0.25) is 5.95 Å². The minimum atomic E-state index is -0.277. The van der Waals surface area contributed by atoms with Gasteiger partial charge in [-0.1, -0.05) is 0 Å². The maximum Gasteiger partial charge on any atom is 0.226 e. The number of rotatable bonds is 2. The van der Waals surface area contributed by atoms with Crippen molar-refractivity contribution in [3.8, 4) is 0 Å². The van der Waals surface area contributed by atoms with E-state index in [0.29, 0.717) is 18.1 Å². The smallest absolute Gasteiger partial charge is 0.226 e. The summed E-state index contributed by atoms with van der Waals surface area (Å²) in [5.41, 5.74) is 1.46. The average Bonchev–Trinajstić information content (AvgIpc) is 2.95. The number of H-pyrrole nitrogens is 1. The minimum absolute atomic E-state index is 0.277. The zero-order valence-corrected chi connectivity index (χ0v) is 9.51. The molecule has 0 saturated carbocycles. The summed E-state index contributed by atoms with van der Waals surface area (Å²) >= 11 is 0. The Morgan fingerprint density at radius 3 is 3.12 bits per heavy atom. The number of fused-ring (bicyclic) bond motifs is 1. The summed E-state index contributed by atoms with van der Waals surface area (Å²) < 4.78 is 0. The van der Waals surface area contributed by atoms with Crippen molar-refractivity contribution in [2.75, 3.05) is 30.4 Å². The Morgan fingerprint density at radius 1 is 1.53 bits per heavy atom. The van der Waals surface area contributed by atoms with Crippen LogP contribution in [0.1, 0.15) is 6.42 Å². The van der Waals surface area contributed by atoms with Crippen molar-refractivity contribution in [3.63, 3.8) is 0 Å². The normalized spacial score (nSPS) is 20.1. The fraction of sp³-hybridized carbons (Fsp3) is 0.500. The molecular weight excluding hydrogens is 220 g/mol. The highest BCUT2D eigenvalue weighted by Crippen LogP contribution is 2.25. The molecule has 1 unspecified atom stereocenters. The quantitative estimate of drug-likeness (QED) is 0.676. The Kier molecular flexibility index (Phi) is 2.32. The van der Waals surface area contributed by atoms with Crippen molar-refractivity contribution in [1.29, 1.82) is 0 Å². The lowest BCUT2D eigenvalue weighted by molar-refractivity contribution is 0.198. The van der Waals surface area contributed by atoms with Crippen molar-refractivity contribution in [2.24, 2.45) is 0 Å². The number of hydrogen-bond donors (Lipinski definition) is 3. The van der Waals surface area contributed by atoms with Crippen LogP contribution < -0.4 is 10.2 Å². The van der Waals surface area contributed by atoms with Crippen LogP contribution in [-0.2, 0) is 0 Å². The molecule has 3 rings (SSSR count). The summed E-state index contributed by atoms with van der Waals surface area (Å²) in [6.07, 6.45) is 2.10. The second-order valence-corrected chi connectivity index (χ2v) is 4.11. The van der Waals surface area contributed by atoms with Gasteiger partial charge in [-0.15, -0.1) is 0 Å². The van der Waals surface area contributed by atoms with Gasteiger partial charge >= 0.3 is 0 Å². The second kappa shape index (κ2) is 3.85. The molecule has 3 heterocycles. The molecule has 0 aromatic carbocycles. The fourth-order valence-corrected chi connectivity index (χ4v) is 2.09. The van der Waals surface area contributed by atoms with Gasteiger partial charge in [-0.3, -0.25) is 0 Å². The fourth-order valence-electron chi connectivity index (χ4n) is 2.09. The maximum absolute atomic E-state index is 9.58. The summed E-state index contributed by atoms with van der Waals surface area (Å²) in [6, 6.07) is 0. The van der Waals surface area contributed by atoms with Crippen LogP contribution in [0.15, 0.2) is 6.33 Å². The van der Waals surface area contributed by atoms with E-state index < -0.39 is 0 Å². The van der Waals surface area contributed by atoms with E-state index in [-0.39, 0.29) is 6.10 Å². The van der Waals surface area contributed by atoms with Gasteiger partial charge in [0.1, 0.15) is 5.52 Å². The van der Waals surface area contributed by atoms with Gasteiger partial charge in [-0.25, -0.2) is 4.98 Å². The molecule has 90 valence electrons. The maximum atomic E-state index is 9.58. The monoisotopic (exact) mass is 234 g/mol. The van der Waals surface area contributed by atoms with Crippen LogP contribution in [0.5, 0.6) is 0 Å². The highest BCUT2D eigenvalue weighted by molar-refractivity contribution is 5.84. The lowest BCUT2D eigenvalue weighted by atomic mass is 10.3. The van der Waals surface area contributed by atoms with E-state index in [1.165, 1.54) is 0 Å². The van der Waals surface area contributed by atoms with Crippen molar-refractivity contribution < 1.29 is 5.11 Å². The molecule has 1 fully saturated rings. The molecule has 2 aromatic rings. The molecule has 1 aliphatic rings. The first-order valence-corrected chi connectivity index (χ1v) is 5.60. The lowest BCUT2D eigenvalue weighted by Gasteiger charge is -2.17. The first-order valence-electron chi connectivity index (χ1n) is 5.60. The van der Waals surface area contributed by atoms with Gasteiger partial charge < -0.3 is 20.3 Å². The van der Waals surface area contributed by atoms with E-state index in [4.69, 9.17) is 0 Å². The third-order valence-electron chi connectivity index (χ3n) is 2.95. The number of aliphatic hydroxyl groups excluding tert-OH is 1. The van der Waals surface area contributed by atoms with Crippen LogP contribution in [0.25, 0.3) is 11.2 Å². The highest BCUT2D eigenvalue weighted by Gasteiger charge is 2.24.